The molecular formula is C14H16ClNO. The number of hydrogen-bond donors (Lipinski definition) is 1. The molecule has 17 heavy (non-hydrogen) atoms. The van der Waals surface area contributed by atoms with Gasteiger partial charge in [0, 0.05) is 6.04 Å². The summed E-state index contributed by atoms with van der Waals surface area (Å²) in [5.41, 5.74) is 2.94. The zero-order chi connectivity index (χ0) is 12.4. The van der Waals surface area contributed by atoms with Crippen LogP contribution in [-0.4, -0.2) is 9.67 Å². The van der Waals surface area contributed by atoms with Crippen LogP contribution in [0, 0.1) is 0 Å². The highest BCUT2D eigenvalue weighted by Gasteiger charge is 2.16. The molecule has 0 amide bonds. The molecule has 2 aromatic rings. The van der Waals surface area contributed by atoms with Crippen molar-refractivity contribution in [3.05, 3.63) is 47.1 Å². The van der Waals surface area contributed by atoms with Crippen molar-refractivity contribution in [3.8, 4) is 11.3 Å². The maximum atomic E-state index is 9.40. The molecule has 1 N–H and O–H groups in total. The number of aliphatic hydroxyl groups is 1. The monoisotopic (exact) mass is 249 g/mol. The van der Waals surface area contributed by atoms with E-state index in [1.165, 1.54) is 0 Å². The van der Waals surface area contributed by atoms with Gasteiger partial charge in [-0.1, -0.05) is 41.9 Å². The highest BCUT2D eigenvalue weighted by Crippen LogP contribution is 2.32. The Kier molecular flexibility index (Phi) is 3.55. The molecule has 0 saturated heterocycles. The van der Waals surface area contributed by atoms with E-state index in [9.17, 15) is 5.11 Å². The predicted molar refractivity (Wildman–Crippen MR) is 71.2 cm³/mol. The van der Waals surface area contributed by atoms with E-state index in [0.717, 1.165) is 17.0 Å². The summed E-state index contributed by atoms with van der Waals surface area (Å²) < 4.78 is 2.08. The van der Waals surface area contributed by atoms with Gasteiger partial charge in [-0.3, -0.25) is 0 Å². The lowest BCUT2D eigenvalue weighted by molar-refractivity contribution is 0.268. The first-order valence-electron chi connectivity index (χ1n) is 5.71. The Hall–Kier alpha value is -1.25. The van der Waals surface area contributed by atoms with Crippen LogP contribution in [0.5, 0.6) is 0 Å². The van der Waals surface area contributed by atoms with Crippen molar-refractivity contribution >= 4 is 11.6 Å². The summed E-state index contributed by atoms with van der Waals surface area (Å²) >= 11 is 6.16. The zero-order valence-corrected chi connectivity index (χ0v) is 10.8. The second kappa shape index (κ2) is 4.94. The third-order valence-corrected chi connectivity index (χ3v) is 3.15. The maximum absolute atomic E-state index is 9.40. The Bertz CT molecular complexity index is 502. The van der Waals surface area contributed by atoms with Crippen molar-refractivity contribution in [1.29, 1.82) is 0 Å². The van der Waals surface area contributed by atoms with Crippen LogP contribution in [0.3, 0.4) is 0 Å². The average Bonchev–Trinajstić information content (AvgIpc) is 2.67. The molecule has 0 aliphatic rings. The Morgan fingerprint density at radius 3 is 2.41 bits per heavy atom. The van der Waals surface area contributed by atoms with Gasteiger partial charge in [-0.25, -0.2) is 0 Å². The summed E-state index contributed by atoms with van der Waals surface area (Å²) in [6.07, 6.45) is 0. The molecule has 0 radical (unpaired) electrons. The summed E-state index contributed by atoms with van der Waals surface area (Å²) in [6, 6.07) is 12.3. The van der Waals surface area contributed by atoms with Gasteiger partial charge in [0.2, 0.25) is 0 Å². The lowest BCUT2D eigenvalue weighted by Crippen LogP contribution is -2.07. The number of hydrogen-bond acceptors (Lipinski definition) is 1. The lowest BCUT2D eigenvalue weighted by Gasteiger charge is -2.16. The number of aliphatic hydroxyl groups excluding tert-OH is 1. The largest absolute Gasteiger partial charge is 0.390 e. The van der Waals surface area contributed by atoms with Gasteiger partial charge < -0.3 is 9.67 Å². The van der Waals surface area contributed by atoms with Crippen molar-refractivity contribution in [2.45, 2.75) is 26.5 Å². The Balaban J connectivity index is 2.62. The molecular weight excluding hydrogens is 234 g/mol. The van der Waals surface area contributed by atoms with Gasteiger partial charge in [-0.15, -0.1) is 0 Å². The van der Waals surface area contributed by atoms with Crippen molar-refractivity contribution in [2.24, 2.45) is 0 Å². The molecule has 0 aliphatic carbocycles. The maximum Gasteiger partial charge on any atom is 0.0848 e. The van der Waals surface area contributed by atoms with E-state index < -0.39 is 0 Å². The van der Waals surface area contributed by atoms with E-state index >= 15 is 0 Å². The van der Waals surface area contributed by atoms with Crippen molar-refractivity contribution in [1.82, 2.24) is 4.57 Å². The van der Waals surface area contributed by atoms with Crippen LogP contribution in [0.2, 0.25) is 5.02 Å². The van der Waals surface area contributed by atoms with Crippen LogP contribution in [0.4, 0.5) is 0 Å². The van der Waals surface area contributed by atoms with Crippen molar-refractivity contribution < 1.29 is 5.11 Å². The average molecular weight is 250 g/mol. The predicted octanol–water partition coefficient (Wildman–Crippen LogP) is 3.88. The lowest BCUT2D eigenvalue weighted by atomic mass is 10.1. The molecule has 0 spiro atoms. The van der Waals surface area contributed by atoms with Crippen molar-refractivity contribution in [2.75, 3.05) is 0 Å². The highest BCUT2D eigenvalue weighted by atomic mass is 35.5. The number of nitrogens with zero attached hydrogens (tertiary/aromatic N) is 1. The van der Waals surface area contributed by atoms with Gasteiger partial charge in [0.1, 0.15) is 0 Å². The molecule has 90 valence electrons. The second-order valence-corrected chi connectivity index (χ2v) is 4.72. The van der Waals surface area contributed by atoms with Gasteiger partial charge in [0.05, 0.1) is 23.0 Å². The first kappa shape index (κ1) is 12.2. The van der Waals surface area contributed by atoms with Gasteiger partial charge in [-0.05, 0) is 25.5 Å². The molecule has 0 unspecified atom stereocenters. The third-order valence-electron chi connectivity index (χ3n) is 2.83. The second-order valence-electron chi connectivity index (χ2n) is 4.31. The third kappa shape index (κ3) is 2.24. The Morgan fingerprint density at radius 1 is 1.24 bits per heavy atom. The SMILES string of the molecule is CC(C)n1c(-c2ccccc2)cc(Cl)c1CO. The number of benzene rings is 1. The van der Waals surface area contributed by atoms with Gasteiger partial charge in [0.25, 0.3) is 0 Å². The van der Waals surface area contributed by atoms with E-state index in [1.54, 1.807) is 0 Å². The topological polar surface area (TPSA) is 25.2 Å². The molecule has 0 fully saturated rings. The molecule has 1 heterocycles. The minimum absolute atomic E-state index is 0.0379. The summed E-state index contributed by atoms with van der Waals surface area (Å²) in [5, 5.41) is 10.0. The fraction of sp³-hybridized carbons (Fsp3) is 0.286. The molecule has 1 aromatic carbocycles. The molecule has 2 rings (SSSR count). The van der Waals surface area contributed by atoms with Crippen LogP contribution < -0.4 is 0 Å². The van der Waals surface area contributed by atoms with Crippen LogP contribution in [-0.2, 0) is 6.61 Å². The number of rotatable bonds is 3. The van der Waals surface area contributed by atoms with Crippen LogP contribution in [0.15, 0.2) is 36.4 Å². The minimum Gasteiger partial charge on any atom is -0.390 e. The smallest absolute Gasteiger partial charge is 0.0848 e. The molecule has 0 saturated carbocycles. The van der Waals surface area contributed by atoms with E-state index in [4.69, 9.17) is 11.6 Å². The quantitative estimate of drug-likeness (QED) is 0.877. The zero-order valence-electron chi connectivity index (χ0n) is 10.0. The fourth-order valence-electron chi connectivity index (χ4n) is 2.11. The summed E-state index contributed by atoms with van der Waals surface area (Å²) in [7, 11) is 0. The molecule has 3 heteroatoms. The number of aromatic nitrogens is 1. The van der Waals surface area contributed by atoms with E-state index in [1.807, 2.05) is 36.4 Å². The van der Waals surface area contributed by atoms with E-state index in [2.05, 4.69) is 18.4 Å². The fourth-order valence-corrected chi connectivity index (χ4v) is 2.36. The summed E-state index contributed by atoms with van der Waals surface area (Å²) in [5.74, 6) is 0. The van der Waals surface area contributed by atoms with Crippen molar-refractivity contribution in [3.63, 3.8) is 0 Å². The Labute approximate surface area is 106 Å². The highest BCUT2D eigenvalue weighted by molar-refractivity contribution is 6.31. The molecule has 0 bridgehead atoms. The van der Waals surface area contributed by atoms with Gasteiger partial charge in [-0.2, -0.15) is 0 Å². The normalized spacial score (nSPS) is 11.1. The van der Waals surface area contributed by atoms with E-state index in [0.29, 0.717) is 5.02 Å². The molecule has 0 atom stereocenters. The standard InChI is InChI=1S/C14H16ClNO/c1-10(2)16-13(8-12(15)14(16)9-17)11-6-4-3-5-7-11/h3-8,10,17H,9H2,1-2H3. The van der Waals surface area contributed by atoms with Crippen LogP contribution >= 0.6 is 11.6 Å². The van der Waals surface area contributed by atoms with E-state index in [-0.39, 0.29) is 12.6 Å². The minimum atomic E-state index is -0.0379. The van der Waals surface area contributed by atoms with Crippen LogP contribution in [0.25, 0.3) is 11.3 Å². The molecule has 1 aromatic heterocycles. The van der Waals surface area contributed by atoms with Crippen LogP contribution in [0.1, 0.15) is 25.6 Å². The molecule has 2 nitrogen and oxygen atoms in total. The van der Waals surface area contributed by atoms with Gasteiger partial charge in [0.15, 0.2) is 0 Å². The first-order chi connectivity index (χ1) is 8.15. The first-order valence-corrected chi connectivity index (χ1v) is 6.08. The number of halogens is 1. The Morgan fingerprint density at radius 2 is 1.88 bits per heavy atom. The summed E-state index contributed by atoms with van der Waals surface area (Å²) in [4.78, 5) is 0. The van der Waals surface area contributed by atoms with Gasteiger partial charge >= 0.3 is 0 Å². The summed E-state index contributed by atoms with van der Waals surface area (Å²) in [6.45, 7) is 4.13. The molecule has 0 aliphatic heterocycles.